The molecule has 0 fully saturated rings. The maximum Gasteiger partial charge on any atom is -0.0216 e. The fourth-order valence-corrected chi connectivity index (χ4v) is 1.78. The number of hydrogen-bond donors (Lipinski definition) is 2. The van der Waals surface area contributed by atoms with Crippen molar-refractivity contribution in [3.63, 3.8) is 0 Å². The summed E-state index contributed by atoms with van der Waals surface area (Å²) in [6.45, 7) is 8.95. The lowest BCUT2D eigenvalue weighted by Crippen LogP contribution is -1.96. The molecule has 0 spiro atoms. The molecular formula is C13H22O2. The van der Waals surface area contributed by atoms with Crippen molar-refractivity contribution in [3.05, 3.63) is 34.9 Å². The molecule has 2 nitrogen and oxygen atoms in total. The number of hydrogen-bond acceptors (Lipinski definition) is 2. The highest BCUT2D eigenvalue weighted by atomic mass is 17.0. The zero-order valence-corrected chi connectivity index (χ0v) is 10.1. The lowest BCUT2D eigenvalue weighted by Gasteiger charge is -2.12. The fourth-order valence-electron chi connectivity index (χ4n) is 1.78. The van der Waals surface area contributed by atoms with Crippen LogP contribution in [0.2, 0.25) is 0 Å². The number of aryl methyl sites for hydroxylation is 2. The van der Waals surface area contributed by atoms with Gasteiger partial charge in [-0.05, 0) is 30.4 Å². The van der Waals surface area contributed by atoms with E-state index in [9.17, 15) is 0 Å². The average molecular weight is 210 g/mol. The van der Waals surface area contributed by atoms with Gasteiger partial charge in [0, 0.05) is 0 Å². The molecule has 0 unspecified atom stereocenters. The van der Waals surface area contributed by atoms with Crippen molar-refractivity contribution in [2.75, 3.05) is 0 Å². The van der Waals surface area contributed by atoms with E-state index < -0.39 is 0 Å². The molecule has 0 heterocycles. The Morgan fingerprint density at radius 2 is 1.80 bits per heavy atom. The molecule has 1 rings (SSSR count). The summed E-state index contributed by atoms with van der Waals surface area (Å²) >= 11 is 0. The molecule has 0 atom stereocenters. The second-order valence-corrected chi connectivity index (χ2v) is 4.11. The molecule has 1 aromatic carbocycles. The van der Waals surface area contributed by atoms with Crippen LogP contribution in [0.1, 0.15) is 49.8 Å². The summed E-state index contributed by atoms with van der Waals surface area (Å²) in [5.74, 6) is 0.655. The molecule has 15 heavy (non-hydrogen) atoms. The molecule has 86 valence electrons. The van der Waals surface area contributed by atoms with Gasteiger partial charge in [-0.1, -0.05) is 51.0 Å². The molecule has 0 amide bonds. The van der Waals surface area contributed by atoms with Crippen LogP contribution in [-0.4, -0.2) is 10.5 Å². The summed E-state index contributed by atoms with van der Waals surface area (Å²) in [6.07, 6.45) is 2.46. The van der Waals surface area contributed by atoms with E-state index in [1.54, 1.807) is 0 Å². The van der Waals surface area contributed by atoms with Crippen molar-refractivity contribution in [3.8, 4) is 0 Å². The third-order valence-electron chi connectivity index (χ3n) is 2.44. The van der Waals surface area contributed by atoms with Gasteiger partial charge in [0.25, 0.3) is 0 Å². The van der Waals surface area contributed by atoms with E-state index >= 15 is 0 Å². The van der Waals surface area contributed by atoms with Gasteiger partial charge in [-0.25, -0.2) is 0 Å². The van der Waals surface area contributed by atoms with Gasteiger partial charge >= 0.3 is 0 Å². The molecule has 0 aliphatic heterocycles. The van der Waals surface area contributed by atoms with Crippen LogP contribution in [0.5, 0.6) is 0 Å². The minimum atomic E-state index is 0.655. The van der Waals surface area contributed by atoms with Gasteiger partial charge < -0.3 is 0 Å². The molecule has 2 heteroatoms. The van der Waals surface area contributed by atoms with Crippen molar-refractivity contribution in [2.24, 2.45) is 0 Å². The van der Waals surface area contributed by atoms with E-state index in [1.165, 1.54) is 29.5 Å². The van der Waals surface area contributed by atoms with Crippen LogP contribution in [0.3, 0.4) is 0 Å². The van der Waals surface area contributed by atoms with E-state index in [4.69, 9.17) is 10.5 Å². The van der Waals surface area contributed by atoms with Crippen LogP contribution in [0.15, 0.2) is 18.2 Å². The van der Waals surface area contributed by atoms with Crippen LogP contribution in [-0.2, 0) is 6.42 Å². The Morgan fingerprint density at radius 1 is 1.20 bits per heavy atom. The summed E-state index contributed by atoms with van der Waals surface area (Å²) in [5, 5.41) is 12.0. The molecule has 0 saturated carbocycles. The Kier molecular flexibility index (Phi) is 7.01. The van der Waals surface area contributed by atoms with Gasteiger partial charge in [0.05, 0.1) is 0 Å². The van der Waals surface area contributed by atoms with Crippen LogP contribution < -0.4 is 0 Å². The van der Waals surface area contributed by atoms with Crippen LogP contribution in [0.25, 0.3) is 0 Å². The first-order valence-electron chi connectivity index (χ1n) is 5.44. The van der Waals surface area contributed by atoms with E-state index in [0.29, 0.717) is 5.92 Å². The van der Waals surface area contributed by atoms with E-state index in [-0.39, 0.29) is 0 Å². The van der Waals surface area contributed by atoms with Crippen molar-refractivity contribution in [1.82, 2.24) is 0 Å². The summed E-state index contributed by atoms with van der Waals surface area (Å²) in [7, 11) is 0. The van der Waals surface area contributed by atoms with E-state index in [1.807, 2.05) is 0 Å². The van der Waals surface area contributed by atoms with Gasteiger partial charge in [0.1, 0.15) is 0 Å². The topological polar surface area (TPSA) is 40.5 Å². The first-order chi connectivity index (χ1) is 7.15. The molecule has 1 aromatic rings. The zero-order valence-electron chi connectivity index (χ0n) is 10.1. The molecular weight excluding hydrogens is 188 g/mol. The molecule has 0 aromatic heterocycles. The lowest BCUT2D eigenvalue weighted by atomic mass is 9.93. The molecule has 0 aliphatic carbocycles. The minimum Gasteiger partial charge on any atom is -0.255 e. The summed E-state index contributed by atoms with van der Waals surface area (Å²) in [6, 6.07) is 6.83. The monoisotopic (exact) mass is 210 g/mol. The van der Waals surface area contributed by atoms with Gasteiger partial charge in [-0.3, -0.25) is 10.5 Å². The molecule has 0 radical (unpaired) electrons. The maximum absolute atomic E-state index is 6.00. The van der Waals surface area contributed by atoms with Gasteiger partial charge in [-0.15, -0.1) is 0 Å². The third kappa shape index (κ3) is 4.45. The van der Waals surface area contributed by atoms with Crippen molar-refractivity contribution < 1.29 is 10.5 Å². The predicted molar refractivity (Wildman–Crippen MR) is 64.5 cm³/mol. The Labute approximate surface area is 92.5 Å². The molecule has 2 N–H and O–H groups in total. The van der Waals surface area contributed by atoms with Gasteiger partial charge in [0.15, 0.2) is 0 Å². The highest BCUT2D eigenvalue weighted by molar-refractivity contribution is 5.33. The minimum absolute atomic E-state index is 0.655. The first kappa shape index (κ1) is 14.1. The Morgan fingerprint density at radius 3 is 2.27 bits per heavy atom. The lowest BCUT2D eigenvalue weighted by molar-refractivity contribution is -0.176. The summed E-state index contributed by atoms with van der Waals surface area (Å²) in [5.41, 5.74) is 4.44. The Hall–Kier alpha value is -0.860. The highest BCUT2D eigenvalue weighted by Gasteiger charge is 2.05. The SMILES string of the molecule is CCCc1cc(C)ccc1C(C)C.OO. The van der Waals surface area contributed by atoms with Crippen molar-refractivity contribution in [2.45, 2.75) is 46.5 Å². The zero-order chi connectivity index (χ0) is 11.8. The van der Waals surface area contributed by atoms with Crippen LogP contribution >= 0.6 is 0 Å². The van der Waals surface area contributed by atoms with Gasteiger partial charge in [0.2, 0.25) is 0 Å². The van der Waals surface area contributed by atoms with Gasteiger partial charge in [-0.2, -0.15) is 0 Å². The second kappa shape index (κ2) is 7.43. The van der Waals surface area contributed by atoms with Crippen LogP contribution in [0.4, 0.5) is 0 Å². The highest BCUT2D eigenvalue weighted by Crippen LogP contribution is 2.21. The smallest absolute Gasteiger partial charge is 0.0216 e. The summed E-state index contributed by atoms with van der Waals surface area (Å²) in [4.78, 5) is 0. The Bertz CT molecular complexity index is 280. The second-order valence-electron chi connectivity index (χ2n) is 4.11. The normalized spacial score (nSPS) is 9.80. The number of rotatable bonds is 3. The molecule has 0 aliphatic rings. The van der Waals surface area contributed by atoms with E-state index in [0.717, 1.165) is 0 Å². The third-order valence-corrected chi connectivity index (χ3v) is 2.44. The number of benzene rings is 1. The first-order valence-corrected chi connectivity index (χ1v) is 5.44. The van der Waals surface area contributed by atoms with Crippen LogP contribution in [0, 0.1) is 6.92 Å². The largest absolute Gasteiger partial charge is 0.255 e. The molecule has 0 saturated heterocycles. The van der Waals surface area contributed by atoms with Crippen molar-refractivity contribution in [1.29, 1.82) is 0 Å². The quantitative estimate of drug-likeness (QED) is 0.582. The summed E-state index contributed by atoms with van der Waals surface area (Å²) < 4.78 is 0. The maximum atomic E-state index is 6.00. The fraction of sp³-hybridized carbons (Fsp3) is 0.538. The average Bonchev–Trinajstić information content (AvgIpc) is 2.21. The molecule has 0 bridgehead atoms. The predicted octanol–water partition coefficient (Wildman–Crippen LogP) is 4.09. The van der Waals surface area contributed by atoms with E-state index in [2.05, 4.69) is 45.9 Å². The standard InChI is InChI=1S/C13H20.H2O2/c1-5-6-12-9-11(4)7-8-13(12)10(2)3;1-2/h7-10H,5-6H2,1-4H3;1-2H. The van der Waals surface area contributed by atoms with Crippen molar-refractivity contribution >= 4 is 0 Å². The Balaban J connectivity index is 0.000000921.